The van der Waals surface area contributed by atoms with Gasteiger partial charge in [-0.2, -0.15) is 0 Å². The number of aromatic nitrogens is 1. The van der Waals surface area contributed by atoms with Gasteiger partial charge in [0.05, 0.1) is 17.0 Å². The number of nitrogens with zero attached hydrogens (tertiary/aromatic N) is 1. The number of oxazole rings is 1. The summed E-state index contributed by atoms with van der Waals surface area (Å²) in [5.74, 6) is -0.106. The molecule has 2 heterocycles. The zero-order valence-electron chi connectivity index (χ0n) is 18.9. The Kier molecular flexibility index (Phi) is 5.17. The molecule has 0 fully saturated rings. The van der Waals surface area contributed by atoms with E-state index in [2.05, 4.69) is 10.3 Å². The smallest absolute Gasteiger partial charge is 0.337 e. The minimum atomic E-state index is -1.02. The topological polar surface area (TPSA) is 106 Å². The van der Waals surface area contributed by atoms with Crippen LogP contribution in [0.4, 0.5) is 5.69 Å². The highest BCUT2D eigenvalue weighted by molar-refractivity contribution is 5.94. The fraction of sp³-hybridized carbons (Fsp3) is 0.148. The fourth-order valence-corrected chi connectivity index (χ4v) is 4.25. The Morgan fingerprint density at radius 2 is 1.82 bits per heavy atom. The molecule has 0 aliphatic heterocycles. The number of anilines is 1. The number of para-hydroxylation sites is 2. The number of aromatic carboxylic acids is 1. The van der Waals surface area contributed by atoms with Crippen LogP contribution >= 0.6 is 0 Å². The van der Waals surface area contributed by atoms with E-state index in [4.69, 9.17) is 8.83 Å². The monoisotopic (exact) mass is 454 g/mol. The molecule has 7 nitrogen and oxygen atoms in total. The lowest BCUT2D eigenvalue weighted by atomic mass is 10.00. The van der Waals surface area contributed by atoms with Crippen LogP contribution in [0.5, 0.6) is 0 Å². The first kappa shape index (κ1) is 21.5. The van der Waals surface area contributed by atoms with Crippen molar-refractivity contribution in [3.63, 3.8) is 0 Å². The van der Waals surface area contributed by atoms with Crippen molar-refractivity contribution in [2.24, 2.45) is 0 Å². The minimum Gasteiger partial charge on any atom is -0.478 e. The molecule has 2 aromatic heterocycles. The van der Waals surface area contributed by atoms with Crippen molar-refractivity contribution in [2.75, 3.05) is 5.32 Å². The van der Waals surface area contributed by atoms with E-state index < -0.39 is 5.97 Å². The molecule has 5 rings (SSSR count). The maximum absolute atomic E-state index is 13.1. The molecular formula is C27H22N2O5. The van der Waals surface area contributed by atoms with Gasteiger partial charge in [0.2, 0.25) is 0 Å². The third kappa shape index (κ3) is 3.71. The van der Waals surface area contributed by atoms with Gasteiger partial charge >= 0.3 is 5.97 Å². The van der Waals surface area contributed by atoms with Crippen LogP contribution in [0.25, 0.3) is 33.4 Å². The zero-order valence-corrected chi connectivity index (χ0v) is 18.9. The molecule has 170 valence electrons. The third-order valence-corrected chi connectivity index (χ3v) is 5.79. The first-order valence-electron chi connectivity index (χ1n) is 10.9. The molecule has 7 heteroatoms. The summed E-state index contributed by atoms with van der Waals surface area (Å²) in [6, 6.07) is 17.1. The standard InChI is InChI=1S/C27H22N2O5/c1-14-11-19(15(2)28-21-9-5-4-7-17(21)27(31)32)26-20(12-14)22(30)13-24(34-26)18-8-6-10-23-25(18)29-16(3)33-23/h4-13,15,28H,1-3H3,(H,31,32). The predicted molar refractivity (Wildman–Crippen MR) is 130 cm³/mol. The van der Waals surface area contributed by atoms with Gasteiger partial charge in [0.15, 0.2) is 16.9 Å². The quantitative estimate of drug-likeness (QED) is 0.331. The van der Waals surface area contributed by atoms with Gasteiger partial charge in [0.25, 0.3) is 0 Å². The van der Waals surface area contributed by atoms with Gasteiger partial charge in [-0.1, -0.05) is 24.3 Å². The van der Waals surface area contributed by atoms with Crippen LogP contribution in [0.15, 0.2) is 74.3 Å². The largest absolute Gasteiger partial charge is 0.478 e. The molecule has 0 aliphatic carbocycles. The van der Waals surface area contributed by atoms with E-state index in [9.17, 15) is 14.7 Å². The number of aryl methyl sites for hydroxylation is 2. The van der Waals surface area contributed by atoms with E-state index in [1.807, 2.05) is 38.1 Å². The lowest BCUT2D eigenvalue weighted by Gasteiger charge is -2.19. The van der Waals surface area contributed by atoms with Crippen LogP contribution < -0.4 is 10.7 Å². The van der Waals surface area contributed by atoms with Gasteiger partial charge in [-0.25, -0.2) is 9.78 Å². The van der Waals surface area contributed by atoms with E-state index >= 15 is 0 Å². The second kappa shape index (κ2) is 8.19. The number of carboxylic acid groups (broad SMARTS) is 1. The second-order valence-electron chi connectivity index (χ2n) is 8.31. The lowest BCUT2D eigenvalue weighted by Crippen LogP contribution is -2.12. The van der Waals surface area contributed by atoms with Crippen LogP contribution in [-0.2, 0) is 0 Å². The molecule has 0 bridgehead atoms. The summed E-state index contributed by atoms with van der Waals surface area (Å²) >= 11 is 0. The van der Waals surface area contributed by atoms with Gasteiger partial charge in [-0.05, 0) is 49.7 Å². The maximum Gasteiger partial charge on any atom is 0.337 e. The van der Waals surface area contributed by atoms with Crippen LogP contribution in [0.2, 0.25) is 0 Å². The van der Waals surface area contributed by atoms with Crippen molar-refractivity contribution in [3.05, 3.63) is 93.5 Å². The average molecular weight is 454 g/mol. The number of carboxylic acids is 1. The van der Waals surface area contributed by atoms with Crippen molar-refractivity contribution in [1.82, 2.24) is 4.98 Å². The highest BCUT2D eigenvalue weighted by Crippen LogP contribution is 2.33. The van der Waals surface area contributed by atoms with Crippen molar-refractivity contribution in [3.8, 4) is 11.3 Å². The van der Waals surface area contributed by atoms with Gasteiger partial charge in [-0.3, -0.25) is 4.79 Å². The van der Waals surface area contributed by atoms with Crippen LogP contribution in [0, 0.1) is 13.8 Å². The molecule has 5 aromatic rings. The molecule has 0 saturated carbocycles. The lowest BCUT2D eigenvalue weighted by molar-refractivity contribution is 0.0698. The number of hydrogen-bond acceptors (Lipinski definition) is 6. The Morgan fingerprint density at radius 1 is 1.03 bits per heavy atom. The molecule has 0 radical (unpaired) electrons. The van der Waals surface area contributed by atoms with Crippen molar-refractivity contribution < 1.29 is 18.7 Å². The fourth-order valence-electron chi connectivity index (χ4n) is 4.25. The second-order valence-corrected chi connectivity index (χ2v) is 8.31. The van der Waals surface area contributed by atoms with E-state index in [0.29, 0.717) is 45.0 Å². The molecule has 1 atom stereocenters. The Bertz CT molecular complexity index is 1630. The average Bonchev–Trinajstić information content (AvgIpc) is 3.19. The Morgan fingerprint density at radius 3 is 2.62 bits per heavy atom. The molecule has 1 unspecified atom stereocenters. The number of benzene rings is 3. The zero-order chi connectivity index (χ0) is 24.0. The van der Waals surface area contributed by atoms with E-state index in [-0.39, 0.29) is 17.0 Å². The molecule has 3 aromatic carbocycles. The number of nitrogens with one attached hydrogen (secondary N) is 1. The van der Waals surface area contributed by atoms with E-state index in [1.165, 1.54) is 6.07 Å². The van der Waals surface area contributed by atoms with Crippen LogP contribution in [0.1, 0.15) is 40.3 Å². The van der Waals surface area contributed by atoms with Gasteiger partial charge in [0.1, 0.15) is 16.9 Å². The van der Waals surface area contributed by atoms with Gasteiger partial charge in [-0.15, -0.1) is 0 Å². The van der Waals surface area contributed by atoms with Crippen molar-refractivity contribution in [1.29, 1.82) is 0 Å². The summed E-state index contributed by atoms with van der Waals surface area (Å²) in [6.45, 7) is 5.58. The maximum atomic E-state index is 13.1. The third-order valence-electron chi connectivity index (χ3n) is 5.79. The number of hydrogen-bond donors (Lipinski definition) is 2. The molecule has 0 spiro atoms. The summed E-state index contributed by atoms with van der Waals surface area (Å²) in [6.07, 6.45) is 0. The molecular weight excluding hydrogens is 432 g/mol. The molecule has 2 N–H and O–H groups in total. The Balaban J connectivity index is 1.68. The molecule has 0 aliphatic rings. The Hall–Kier alpha value is -4.39. The molecule has 0 amide bonds. The summed E-state index contributed by atoms with van der Waals surface area (Å²) in [5.41, 5.74) is 4.47. The minimum absolute atomic E-state index is 0.168. The van der Waals surface area contributed by atoms with E-state index in [1.54, 1.807) is 37.3 Å². The number of fused-ring (bicyclic) bond motifs is 2. The highest BCUT2D eigenvalue weighted by Gasteiger charge is 2.19. The van der Waals surface area contributed by atoms with Crippen LogP contribution in [-0.4, -0.2) is 16.1 Å². The molecule has 34 heavy (non-hydrogen) atoms. The van der Waals surface area contributed by atoms with Gasteiger partial charge < -0.3 is 19.3 Å². The number of carbonyl (C=O) groups is 1. The summed E-state index contributed by atoms with van der Waals surface area (Å²) in [4.78, 5) is 29.2. The first-order chi connectivity index (χ1) is 16.3. The summed E-state index contributed by atoms with van der Waals surface area (Å²) in [5, 5.41) is 13.3. The summed E-state index contributed by atoms with van der Waals surface area (Å²) in [7, 11) is 0. The predicted octanol–water partition coefficient (Wildman–Crippen LogP) is 6.09. The first-order valence-corrected chi connectivity index (χ1v) is 10.9. The Labute approximate surface area is 194 Å². The normalized spacial score (nSPS) is 12.2. The highest BCUT2D eigenvalue weighted by atomic mass is 16.4. The summed E-state index contributed by atoms with van der Waals surface area (Å²) < 4.78 is 12.0. The van der Waals surface area contributed by atoms with Crippen molar-refractivity contribution >= 4 is 33.7 Å². The number of rotatable bonds is 5. The van der Waals surface area contributed by atoms with E-state index in [0.717, 1.165) is 11.1 Å². The molecule has 0 saturated heterocycles. The SMILES string of the molecule is Cc1cc(C(C)Nc2ccccc2C(=O)O)c2oc(-c3cccc4oc(C)nc34)cc(=O)c2c1. The van der Waals surface area contributed by atoms with Crippen molar-refractivity contribution in [2.45, 2.75) is 26.8 Å². The van der Waals surface area contributed by atoms with Crippen LogP contribution in [0.3, 0.4) is 0 Å². The van der Waals surface area contributed by atoms with Gasteiger partial charge in [0, 0.05) is 29.8 Å².